The van der Waals surface area contributed by atoms with Gasteiger partial charge in [-0.15, -0.1) is 0 Å². The minimum absolute atomic E-state index is 0.0501. The number of unbranched alkanes of at least 4 members (excludes halogenated alkanes) is 2. The average molecular weight is 679 g/mol. The van der Waals surface area contributed by atoms with Gasteiger partial charge in [0.1, 0.15) is 13.2 Å². The molecule has 2 amide bonds. The number of nitrogens with one attached hydrogen (secondary N) is 1. The smallest absolute Gasteiger partial charge is 0.224 e. The molecule has 50 heavy (non-hydrogen) atoms. The van der Waals surface area contributed by atoms with Crippen LogP contribution in [0.15, 0.2) is 91.0 Å². The van der Waals surface area contributed by atoms with Gasteiger partial charge in [-0.3, -0.25) is 9.59 Å². The molecule has 4 aromatic rings. The quantitative estimate of drug-likeness (QED) is 0.105. The summed E-state index contributed by atoms with van der Waals surface area (Å²) in [6.45, 7) is 4.35. The predicted molar refractivity (Wildman–Crippen MR) is 196 cm³/mol. The fourth-order valence-electron chi connectivity index (χ4n) is 6.56. The van der Waals surface area contributed by atoms with Gasteiger partial charge in [0, 0.05) is 31.1 Å². The summed E-state index contributed by atoms with van der Waals surface area (Å²) in [6.07, 6.45) is 6.57. The summed E-state index contributed by atoms with van der Waals surface area (Å²) in [5.41, 5.74) is 5.37. The number of phenolic OH excluding ortho intramolecular Hbond substituents is 1. The maximum Gasteiger partial charge on any atom is 0.224 e. The Morgan fingerprint density at radius 3 is 2.26 bits per heavy atom. The highest BCUT2D eigenvalue weighted by Crippen LogP contribution is 2.40. The molecule has 0 heterocycles. The number of ether oxygens (including phenoxy) is 3. The van der Waals surface area contributed by atoms with Crippen LogP contribution in [-0.2, 0) is 42.1 Å². The van der Waals surface area contributed by atoms with Crippen molar-refractivity contribution >= 4 is 11.8 Å². The van der Waals surface area contributed by atoms with Gasteiger partial charge >= 0.3 is 0 Å². The molecule has 5 rings (SSSR count). The number of hydrogen-bond donors (Lipinski definition) is 2. The molecule has 0 spiro atoms. The zero-order valence-electron chi connectivity index (χ0n) is 29.4. The highest BCUT2D eigenvalue weighted by atomic mass is 16.5. The molecule has 0 fully saturated rings. The normalized spacial score (nSPS) is 13.6. The third-order valence-corrected chi connectivity index (χ3v) is 9.19. The van der Waals surface area contributed by atoms with Crippen molar-refractivity contribution < 1.29 is 28.9 Å². The van der Waals surface area contributed by atoms with E-state index in [0.29, 0.717) is 31.9 Å². The van der Waals surface area contributed by atoms with Crippen molar-refractivity contribution in [2.75, 3.05) is 20.2 Å². The lowest BCUT2D eigenvalue weighted by Crippen LogP contribution is -2.43. The summed E-state index contributed by atoms with van der Waals surface area (Å²) in [5, 5.41) is 12.7. The van der Waals surface area contributed by atoms with Crippen molar-refractivity contribution in [2.45, 2.75) is 84.0 Å². The number of benzene rings is 4. The molecule has 8 nitrogen and oxygen atoms in total. The maximum absolute atomic E-state index is 13.5. The van der Waals surface area contributed by atoms with Gasteiger partial charge in [-0.1, -0.05) is 86.1 Å². The van der Waals surface area contributed by atoms with Gasteiger partial charge in [0.05, 0.1) is 13.5 Å². The Hall–Kier alpha value is -4.98. The van der Waals surface area contributed by atoms with Crippen LogP contribution in [0.5, 0.6) is 23.0 Å². The first kappa shape index (κ1) is 36.3. The second-order valence-electron chi connectivity index (χ2n) is 12.9. The van der Waals surface area contributed by atoms with Crippen LogP contribution in [0.25, 0.3) is 0 Å². The number of carbonyl (C=O) groups excluding carboxylic acids is 2. The first-order valence-electron chi connectivity index (χ1n) is 17.8. The summed E-state index contributed by atoms with van der Waals surface area (Å²) in [4.78, 5) is 28.1. The van der Waals surface area contributed by atoms with Gasteiger partial charge in [-0.05, 0) is 79.0 Å². The Labute approximate surface area is 296 Å². The van der Waals surface area contributed by atoms with Gasteiger partial charge in [0.15, 0.2) is 23.0 Å². The van der Waals surface area contributed by atoms with Crippen LogP contribution in [0.3, 0.4) is 0 Å². The Morgan fingerprint density at radius 2 is 1.56 bits per heavy atom. The van der Waals surface area contributed by atoms with Crippen LogP contribution in [0.1, 0.15) is 73.3 Å². The van der Waals surface area contributed by atoms with Crippen LogP contribution in [0, 0.1) is 0 Å². The highest BCUT2D eigenvalue weighted by molar-refractivity contribution is 5.79. The molecule has 0 aliphatic heterocycles. The van der Waals surface area contributed by atoms with E-state index in [1.807, 2.05) is 42.5 Å². The van der Waals surface area contributed by atoms with E-state index in [9.17, 15) is 14.7 Å². The lowest BCUT2D eigenvalue weighted by molar-refractivity contribution is -0.134. The van der Waals surface area contributed by atoms with E-state index in [-0.39, 0.29) is 30.0 Å². The molecule has 264 valence electrons. The topological polar surface area (TPSA) is 97.3 Å². The van der Waals surface area contributed by atoms with E-state index < -0.39 is 0 Å². The van der Waals surface area contributed by atoms with E-state index in [1.165, 1.54) is 24.3 Å². The molecule has 4 aromatic carbocycles. The van der Waals surface area contributed by atoms with Crippen LogP contribution in [0.2, 0.25) is 0 Å². The Morgan fingerprint density at radius 1 is 0.840 bits per heavy atom. The summed E-state index contributed by atoms with van der Waals surface area (Å²) in [7, 11) is 1.48. The zero-order valence-corrected chi connectivity index (χ0v) is 29.4. The summed E-state index contributed by atoms with van der Waals surface area (Å²) in [5.74, 6) is 2.08. The minimum Gasteiger partial charge on any atom is -0.504 e. The zero-order chi connectivity index (χ0) is 35.1. The molecule has 0 saturated carbocycles. The van der Waals surface area contributed by atoms with E-state index in [1.54, 1.807) is 12.1 Å². The highest BCUT2D eigenvalue weighted by Gasteiger charge is 2.30. The molecule has 0 bridgehead atoms. The van der Waals surface area contributed by atoms with E-state index in [4.69, 9.17) is 14.2 Å². The van der Waals surface area contributed by atoms with Crippen molar-refractivity contribution in [1.82, 2.24) is 10.2 Å². The number of rotatable bonds is 18. The third kappa shape index (κ3) is 10.3. The van der Waals surface area contributed by atoms with Crippen molar-refractivity contribution in [3.63, 3.8) is 0 Å². The van der Waals surface area contributed by atoms with Crippen molar-refractivity contribution in [3.8, 4) is 23.0 Å². The largest absolute Gasteiger partial charge is 0.504 e. The first-order chi connectivity index (χ1) is 24.4. The third-order valence-electron chi connectivity index (χ3n) is 9.19. The molecule has 1 unspecified atom stereocenters. The van der Waals surface area contributed by atoms with Crippen LogP contribution < -0.4 is 19.5 Å². The standard InChI is InChI=1S/C42H50N2O6/c1-3-25-44(41(47)17-11-6-12-24-43-40(46)27-33-18-22-37(45)39(26-33)48-2)35-20-21-36-34(28-35)19-23-38(49-29-31-13-7-4-8-14-31)42(36)50-30-32-15-9-5-10-16-32/h4-5,7-10,13-16,18-19,22-23,26,35,45H,3,6,11-12,17,20-21,24-25,27-30H2,1-2H3,(H,43,46). The maximum atomic E-state index is 13.5. The Balaban J connectivity index is 1.14. The monoisotopic (exact) mass is 678 g/mol. The van der Waals surface area contributed by atoms with Crippen molar-refractivity contribution in [1.29, 1.82) is 0 Å². The SMILES string of the molecule is CCCN(C(=O)CCCCCNC(=O)Cc1ccc(O)c(OC)c1)C1CCc2c(ccc(OCc3ccccc3)c2OCc2ccccc2)C1. The molecule has 8 heteroatoms. The molecule has 1 aliphatic carbocycles. The van der Waals surface area contributed by atoms with Gasteiger partial charge < -0.3 is 29.5 Å². The Bertz CT molecular complexity index is 1680. The van der Waals surface area contributed by atoms with E-state index in [0.717, 1.165) is 79.7 Å². The van der Waals surface area contributed by atoms with Gasteiger partial charge in [-0.2, -0.15) is 0 Å². The minimum atomic E-state index is -0.0796. The van der Waals surface area contributed by atoms with Gasteiger partial charge in [-0.25, -0.2) is 0 Å². The summed E-state index contributed by atoms with van der Waals surface area (Å²) >= 11 is 0. The lowest BCUT2D eigenvalue weighted by Gasteiger charge is -2.36. The molecule has 0 saturated heterocycles. The number of phenols is 1. The van der Waals surface area contributed by atoms with E-state index in [2.05, 4.69) is 47.5 Å². The van der Waals surface area contributed by atoms with Crippen molar-refractivity contribution in [3.05, 3.63) is 119 Å². The molecule has 1 aliphatic rings. The van der Waals surface area contributed by atoms with Gasteiger partial charge in [0.2, 0.25) is 11.8 Å². The fourth-order valence-corrected chi connectivity index (χ4v) is 6.56. The Kier molecular flexibility index (Phi) is 13.6. The first-order valence-corrected chi connectivity index (χ1v) is 17.8. The second-order valence-corrected chi connectivity index (χ2v) is 12.9. The number of hydrogen-bond acceptors (Lipinski definition) is 6. The number of methoxy groups -OCH3 is 1. The fraction of sp³-hybridized carbons (Fsp3) is 0.381. The summed E-state index contributed by atoms with van der Waals surface area (Å²) < 4.78 is 18.0. The number of nitrogens with zero attached hydrogens (tertiary/aromatic N) is 1. The molecule has 1 atom stereocenters. The second kappa shape index (κ2) is 18.7. The van der Waals surface area contributed by atoms with Crippen LogP contribution in [-0.4, -0.2) is 48.1 Å². The lowest BCUT2D eigenvalue weighted by atomic mass is 9.86. The van der Waals surface area contributed by atoms with Gasteiger partial charge in [0.25, 0.3) is 0 Å². The number of fused-ring (bicyclic) bond motifs is 1. The van der Waals surface area contributed by atoms with E-state index >= 15 is 0 Å². The molecule has 2 N–H and O–H groups in total. The number of carbonyl (C=O) groups is 2. The van der Waals surface area contributed by atoms with Crippen LogP contribution in [0.4, 0.5) is 0 Å². The molecule has 0 aromatic heterocycles. The molecule has 0 radical (unpaired) electrons. The molecular weight excluding hydrogens is 628 g/mol. The predicted octanol–water partition coefficient (Wildman–Crippen LogP) is 7.57. The number of aromatic hydroxyl groups is 1. The average Bonchev–Trinajstić information content (AvgIpc) is 3.14. The molecular formula is C42H50N2O6. The summed E-state index contributed by atoms with van der Waals surface area (Å²) in [6, 6.07) is 29.6. The number of amides is 2. The van der Waals surface area contributed by atoms with Crippen LogP contribution >= 0.6 is 0 Å². The van der Waals surface area contributed by atoms with Crippen molar-refractivity contribution in [2.24, 2.45) is 0 Å².